The summed E-state index contributed by atoms with van der Waals surface area (Å²) in [5.74, 6) is 1.42. The molecule has 0 amide bonds. The van der Waals surface area contributed by atoms with E-state index < -0.39 is 0 Å². The minimum Gasteiger partial charge on any atom is -0.496 e. The molecular weight excluding hydrogens is 236 g/mol. The molecule has 0 saturated carbocycles. The van der Waals surface area contributed by atoms with E-state index in [2.05, 4.69) is 11.1 Å². The molecule has 0 saturated heterocycles. The number of thioether (sulfide) groups is 1. The number of nitriles is 1. The molecule has 0 radical (unpaired) electrons. The summed E-state index contributed by atoms with van der Waals surface area (Å²) in [6, 6.07) is 7.45. The first-order chi connectivity index (χ1) is 8.33. The van der Waals surface area contributed by atoms with Crippen LogP contribution in [-0.4, -0.2) is 12.1 Å². The molecule has 86 valence electrons. The average molecular weight is 246 g/mol. The zero-order chi connectivity index (χ0) is 12.1. The molecule has 0 N–H and O–H groups in total. The number of hydrogen-bond acceptors (Lipinski definition) is 5. The van der Waals surface area contributed by atoms with Crippen LogP contribution in [0.2, 0.25) is 0 Å². The smallest absolute Gasteiger partial charge is 0.255 e. The number of methoxy groups -OCH3 is 1. The number of hydrogen-bond donors (Lipinski definition) is 0. The van der Waals surface area contributed by atoms with Gasteiger partial charge in [0, 0.05) is 11.3 Å². The van der Waals surface area contributed by atoms with Crippen molar-refractivity contribution in [2.75, 3.05) is 7.11 Å². The molecule has 1 aromatic heterocycles. The summed E-state index contributed by atoms with van der Waals surface area (Å²) in [5.41, 5.74) is 1.57. The van der Waals surface area contributed by atoms with E-state index in [9.17, 15) is 0 Å². The highest BCUT2D eigenvalue weighted by Gasteiger charge is 2.07. The second-order valence-electron chi connectivity index (χ2n) is 3.23. The van der Waals surface area contributed by atoms with Crippen LogP contribution in [0, 0.1) is 11.3 Å². The number of ether oxygens (including phenoxy) is 1. The first-order valence-corrected chi connectivity index (χ1v) is 5.91. The third kappa shape index (κ3) is 2.80. The normalized spacial score (nSPS) is 9.88. The molecule has 0 atom stereocenters. The molecule has 2 rings (SSSR count). The molecule has 1 aromatic carbocycles. The fraction of sp³-hybridized carbons (Fsp3) is 0.167. The van der Waals surface area contributed by atoms with Crippen molar-refractivity contribution in [3.63, 3.8) is 0 Å². The lowest BCUT2D eigenvalue weighted by Crippen LogP contribution is -1.91. The van der Waals surface area contributed by atoms with Crippen molar-refractivity contribution in [3.8, 4) is 11.8 Å². The maximum atomic E-state index is 8.85. The Bertz CT molecular complexity index is 532. The summed E-state index contributed by atoms with van der Waals surface area (Å²) < 4.78 is 10.4. The average Bonchev–Trinajstić information content (AvgIpc) is 2.89. The van der Waals surface area contributed by atoms with E-state index in [-0.39, 0.29) is 0 Å². The van der Waals surface area contributed by atoms with Crippen LogP contribution >= 0.6 is 11.8 Å². The van der Waals surface area contributed by atoms with Gasteiger partial charge in [0.05, 0.1) is 24.9 Å². The van der Waals surface area contributed by atoms with Crippen LogP contribution in [0.15, 0.2) is 40.3 Å². The van der Waals surface area contributed by atoms with E-state index in [4.69, 9.17) is 14.4 Å². The minimum absolute atomic E-state index is 0.606. The van der Waals surface area contributed by atoms with Gasteiger partial charge in [-0.15, -0.1) is 0 Å². The van der Waals surface area contributed by atoms with Crippen LogP contribution in [0.5, 0.6) is 5.75 Å². The SMILES string of the molecule is COc1ccc(C#N)cc1CSc1ncco1. The molecular formula is C12H10N2O2S. The zero-order valence-corrected chi connectivity index (χ0v) is 10.0. The summed E-state index contributed by atoms with van der Waals surface area (Å²) in [4.78, 5) is 4.02. The van der Waals surface area contributed by atoms with Gasteiger partial charge < -0.3 is 9.15 Å². The van der Waals surface area contributed by atoms with Crippen molar-refractivity contribution in [2.45, 2.75) is 11.0 Å². The van der Waals surface area contributed by atoms with Gasteiger partial charge in [0.25, 0.3) is 5.22 Å². The van der Waals surface area contributed by atoms with Crippen LogP contribution in [-0.2, 0) is 5.75 Å². The first kappa shape index (κ1) is 11.6. The summed E-state index contributed by atoms with van der Waals surface area (Å²) >= 11 is 1.46. The van der Waals surface area contributed by atoms with Gasteiger partial charge in [0.1, 0.15) is 12.0 Å². The van der Waals surface area contributed by atoms with Crippen LogP contribution in [0.1, 0.15) is 11.1 Å². The molecule has 0 spiro atoms. The third-order valence-electron chi connectivity index (χ3n) is 2.17. The standard InChI is InChI=1S/C12H10N2O2S/c1-15-11-3-2-9(7-13)6-10(11)8-17-12-14-4-5-16-12/h2-6H,8H2,1H3. The lowest BCUT2D eigenvalue weighted by Gasteiger charge is -2.07. The third-order valence-corrected chi connectivity index (χ3v) is 3.07. The lowest BCUT2D eigenvalue weighted by molar-refractivity contribution is 0.411. The Labute approximate surface area is 103 Å². The summed E-state index contributed by atoms with van der Waals surface area (Å²) in [6.07, 6.45) is 3.14. The van der Waals surface area contributed by atoms with Crippen molar-refractivity contribution < 1.29 is 9.15 Å². The maximum absolute atomic E-state index is 8.85. The van der Waals surface area contributed by atoms with E-state index in [0.717, 1.165) is 11.3 Å². The van der Waals surface area contributed by atoms with Gasteiger partial charge in [-0.2, -0.15) is 5.26 Å². The van der Waals surface area contributed by atoms with Gasteiger partial charge in [-0.1, -0.05) is 11.8 Å². The Morgan fingerprint density at radius 2 is 2.41 bits per heavy atom. The van der Waals surface area contributed by atoms with Crippen LogP contribution in [0.4, 0.5) is 0 Å². The Morgan fingerprint density at radius 1 is 1.53 bits per heavy atom. The fourth-order valence-electron chi connectivity index (χ4n) is 1.38. The number of oxazole rings is 1. The van der Waals surface area contributed by atoms with Crippen LogP contribution in [0.25, 0.3) is 0 Å². The fourth-order valence-corrected chi connectivity index (χ4v) is 2.15. The quantitative estimate of drug-likeness (QED) is 0.776. The van der Waals surface area contributed by atoms with Crippen LogP contribution in [0.3, 0.4) is 0 Å². The molecule has 0 aliphatic heterocycles. The van der Waals surface area contributed by atoms with Crippen molar-refractivity contribution in [1.29, 1.82) is 5.26 Å². The Kier molecular flexibility index (Phi) is 3.68. The molecule has 17 heavy (non-hydrogen) atoms. The molecule has 0 bridgehead atoms. The number of nitrogens with zero attached hydrogens (tertiary/aromatic N) is 2. The first-order valence-electron chi connectivity index (χ1n) is 4.93. The second kappa shape index (κ2) is 5.41. The van der Waals surface area contributed by atoms with Crippen molar-refractivity contribution in [2.24, 2.45) is 0 Å². The van der Waals surface area contributed by atoms with E-state index >= 15 is 0 Å². The summed E-state index contributed by atoms with van der Waals surface area (Å²) in [6.45, 7) is 0. The van der Waals surface area contributed by atoms with Crippen molar-refractivity contribution >= 4 is 11.8 Å². The van der Waals surface area contributed by atoms with E-state index in [0.29, 0.717) is 16.5 Å². The molecule has 0 fully saturated rings. The minimum atomic E-state index is 0.606. The molecule has 4 nitrogen and oxygen atoms in total. The lowest BCUT2D eigenvalue weighted by atomic mass is 10.1. The molecule has 1 heterocycles. The zero-order valence-electron chi connectivity index (χ0n) is 9.21. The van der Waals surface area contributed by atoms with Gasteiger partial charge in [0.2, 0.25) is 0 Å². The highest BCUT2D eigenvalue weighted by Crippen LogP contribution is 2.27. The van der Waals surface area contributed by atoms with E-state index in [1.807, 2.05) is 6.07 Å². The molecule has 0 unspecified atom stereocenters. The van der Waals surface area contributed by atoms with Gasteiger partial charge in [-0.25, -0.2) is 4.98 Å². The Hall–Kier alpha value is -1.93. The predicted molar refractivity (Wildman–Crippen MR) is 63.8 cm³/mol. The summed E-state index contributed by atoms with van der Waals surface area (Å²) in [5, 5.41) is 9.46. The van der Waals surface area contributed by atoms with Crippen molar-refractivity contribution in [1.82, 2.24) is 4.98 Å². The molecule has 0 aliphatic rings. The Balaban J connectivity index is 2.16. The highest BCUT2D eigenvalue weighted by molar-refractivity contribution is 7.98. The number of rotatable bonds is 4. The molecule has 5 heteroatoms. The number of benzene rings is 1. The maximum Gasteiger partial charge on any atom is 0.255 e. The topological polar surface area (TPSA) is 59.0 Å². The molecule has 0 aliphatic carbocycles. The Morgan fingerprint density at radius 3 is 3.06 bits per heavy atom. The van der Waals surface area contributed by atoms with Gasteiger partial charge in [-0.05, 0) is 18.2 Å². The van der Waals surface area contributed by atoms with Crippen molar-refractivity contribution in [3.05, 3.63) is 41.8 Å². The number of aromatic nitrogens is 1. The predicted octanol–water partition coefficient (Wildman–Crippen LogP) is 2.85. The van der Waals surface area contributed by atoms with Gasteiger partial charge in [0.15, 0.2) is 0 Å². The highest BCUT2D eigenvalue weighted by atomic mass is 32.2. The van der Waals surface area contributed by atoms with Crippen LogP contribution < -0.4 is 4.74 Å². The second-order valence-corrected chi connectivity index (χ2v) is 4.15. The summed E-state index contributed by atoms with van der Waals surface area (Å²) in [7, 11) is 1.61. The molecule has 2 aromatic rings. The monoisotopic (exact) mass is 246 g/mol. The largest absolute Gasteiger partial charge is 0.496 e. The van der Waals surface area contributed by atoms with Gasteiger partial charge >= 0.3 is 0 Å². The van der Waals surface area contributed by atoms with Gasteiger partial charge in [-0.3, -0.25) is 0 Å². The van der Waals surface area contributed by atoms with E-state index in [1.165, 1.54) is 18.0 Å². The van der Waals surface area contributed by atoms with E-state index in [1.54, 1.807) is 25.4 Å².